The van der Waals surface area contributed by atoms with Crippen LogP contribution in [0.25, 0.3) is 10.9 Å². The highest BCUT2D eigenvalue weighted by Crippen LogP contribution is 2.21. The minimum absolute atomic E-state index is 0.188. The van der Waals surface area contributed by atoms with Gasteiger partial charge in [0.1, 0.15) is 23.8 Å². The Balaban J connectivity index is 1.35. The highest BCUT2D eigenvalue weighted by molar-refractivity contribution is 5.88. The van der Waals surface area contributed by atoms with Crippen LogP contribution in [0, 0.1) is 5.82 Å². The predicted octanol–water partition coefficient (Wildman–Crippen LogP) is 2.79. The average molecular weight is 366 g/mol. The summed E-state index contributed by atoms with van der Waals surface area (Å²) in [4.78, 5) is 17.7. The zero-order valence-electron chi connectivity index (χ0n) is 15.3. The Kier molecular flexibility index (Phi) is 5.11. The van der Waals surface area contributed by atoms with Crippen molar-refractivity contribution in [3.05, 3.63) is 54.7 Å². The number of nitrogens with zero attached hydrogens (tertiary/aromatic N) is 5. The Hall–Kier alpha value is -2.80. The topological polar surface area (TPSA) is 57.2 Å². The van der Waals surface area contributed by atoms with E-state index in [4.69, 9.17) is 0 Å². The Morgan fingerprint density at radius 2 is 1.93 bits per heavy atom. The summed E-state index contributed by atoms with van der Waals surface area (Å²) in [6.45, 7) is 6.93. The van der Waals surface area contributed by atoms with Gasteiger partial charge in [0.2, 0.25) is 0 Å². The molecule has 7 heteroatoms. The van der Waals surface area contributed by atoms with Crippen LogP contribution in [0.3, 0.4) is 0 Å². The van der Waals surface area contributed by atoms with Gasteiger partial charge in [-0.3, -0.25) is 4.90 Å². The molecule has 0 radical (unpaired) electrons. The maximum Gasteiger partial charge on any atom is 0.137 e. The van der Waals surface area contributed by atoms with Gasteiger partial charge in [0.05, 0.1) is 5.52 Å². The van der Waals surface area contributed by atoms with Crippen LogP contribution in [0.1, 0.15) is 6.92 Å². The van der Waals surface area contributed by atoms with Gasteiger partial charge >= 0.3 is 0 Å². The monoisotopic (exact) mass is 366 g/mol. The number of anilines is 2. The highest BCUT2D eigenvalue weighted by atomic mass is 19.1. The molecular formula is C20H23FN6. The van der Waals surface area contributed by atoms with Gasteiger partial charge in [0, 0.05) is 50.3 Å². The normalized spacial score (nSPS) is 16.4. The molecule has 0 aliphatic carbocycles. The van der Waals surface area contributed by atoms with Crippen molar-refractivity contribution in [1.29, 1.82) is 0 Å². The van der Waals surface area contributed by atoms with E-state index in [-0.39, 0.29) is 11.9 Å². The van der Waals surface area contributed by atoms with Crippen molar-refractivity contribution in [1.82, 2.24) is 19.9 Å². The number of benzene rings is 1. The van der Waals surface area contributed by atoms with E-state index in [9.17, 15) is 4.39 Å². The van der Waals surface area contributed by atoms with E-state index in [1.54, 1.807) is 6.07 Å². The second-order valence-corrected chi connectivity index (χ2v) is 6.90. The van der Waals surface area contributed by atoms with Gasteiger partial charge in [0.15, 0.2) is 0 Å². The van der Waals surface area contributed by atoms with Gasteiger partial charge < -0.3 is 10.2 Å². The van der Waals surface area contributed by atoms with E-state index in [0.717, 1.165) is 44.1 Å². The highest BCUT2D eigenvalue weighted by Gasteiger charge is 2.19. The Bertz CT molecular complexity index is 895. The molecule has 3 aromatic rings. The summed E-state index contributed by atoms with van der Waals surface area (Å²) in [6.07, 6.45) is 3.35. The molecule has 3 heterocycles. The maximum atomic E-state index is 13.6. The Morgan fingerprint density at radius 3 is 2.70 bits per heavy atom. The first-order valence-electron chi connectivity index (χ1n) is 9.24. The van der Waals surface area contributed by atoms with Crippen LogP contribution < -0.4 is 10.2 Å². The number of aromatic nitrogens is 3. The number of piperazine rings is 1. The van der Waals surface area contributed by atoms with E-state index in [0.29, 0.717) is 11.2 Å². The molecule has 1 fully saturated rings. The third-order valence-corrected chi connectivity index (χ3v) is 4.86. The summed E-state index contributed by atoms with van der Waals surface area (Å²) >= 11 is 0. The molecule has 4 rings (SSSR count). The van der Waals surface area contributed by atoms with Crippen molar-refractivity contribution in [3.63, 3.8) is 0 Å². The third kappa shape index (κ3) is 4.14. The lowest BCUT2D eigenvalue weighted by Crippen LogP contribution is -2.49. The van der Waals surface area contributed by atoms with Gasteiger partial charge in [-0.2, -0.15) is 0 Å². The van der Waals surface area contributed by atoms with E-state index >= 15 is 0 Å². The van der Waals surface area contributed by atoms with Crippen LogP contribution in [0.4, 0.5) is 16.0 Å². The molecule has 1 unspecified atom stereocenters. The first-order valence-corrected chi connectivity index (χ1v) is 9.24. The van der Waals surface area contributed by atoms with Crippen molar-refractivity contribution in [2.75, 3.05) is 42.9 Å². The summed E-state index contributed by atoms with van der Waals surface area (Å²) in [5.41, 5.74) is 0.741. The van der Waals surface area contributed by atoms with Crippen molar-refractivity contribution < 1.29 is 4.39 Å². The zero-order chi connectivity index (χ0) is 18.6. The zero-order valence-corrected chi connectivity index (χ0v) is 15.3. The summed E-state index contributed by atoms with van der Waals surface area (Å²) in [7, 11) is 0. The van der Waals surface area contributed by atoms with Crippen LogP contribution in [-0.2, 0) is 0 Å². The van der Waals surface area contributed by atoms with Gasteiger partial charge in [-0.1, -0.05) is 6.07 Å². The standard InChI is InChI=1S/C20H23FN6/c1-15(25-20-17-12-16(21)5-6-18(17)23-14-24-20)13-26-8-10-27(11-9-26)19-4-2-3-7-22-19/h2-7,12,14-15H,8-11,13H2,1H3,(H,23,24,25). The van der Waals surface area contributed by atoms with Crippen LogP contribution in [0.2, 0.25) is 0 Å². The van der Waals surface area contributed by atoms with E-state index in [1.807, 2.05) is 18.3 Å². The predicted molar refractivity (Wildman–Crippen MR) is 105 cm³/mol. The molecule has 27 heavy (non-hydrogen) atoms. The maximum absolute atomic E-state index is 13.6. The average Bonchev–Trinajstić information content (AvgIpc) is 2.70. The number of pyridine rings is 1. The molecule has 1 aliphatic rings. The molecule has 0 bridgehead atoms. The lowest BCUT2D eigenvalue weighted by atomic mass is 10.2. The minimum atomic E-state index is -0.279. The van der Waals surface area contributed by atoms with Gasteiger partial charge in [-0.15, -0.1) is 0 Å². The van der Waals surface area contributed by atoms with Crippen LogP contribution >= 0.6 is 0 Å². The van der Waals surface area contributed by atoms with Crippen molar-refractivity contribution in [2.45, 2.75) is 13.0 Å². The fraction of sp³-hybridized carbons (Fsp3) is 0.350. The SMILES string of the molecule is CC(CN1CCN(c2ccccn2)CC1)Nc1ncnc2ccc(F)cc12. The third-order valence-electron chi connectivity index (χ3n) is 4.86. The van der Waals surface area contributed by atoms with Crippen LogP contribution in [-0.4, -0.2) is 58.6 Å². The summed E-state index contributed by atoms with van der Waals surface area (Å²) in [5.74, 6) is 1.44. The van der Waals surface area contributed by atoms with Crippen LogP contribution in [0.15, 0.2) is 48.9 Å². The number of rotatable bonds is 5. The van der Waals surface area contributed by atoms with E-state index < -0.39 is 0 Å². The molecule has 1 atom stereocenters. The molecule has 6 nitrogen and oxygen atoms in total. The second-order valence-electron chi connectivity index (χ2n) is 6.90. The largest absolute Gasteiger partial charge is 0.366 e. The Morgan fingerprint density at radius 1 is 1.07 bits per heavy atom. The molecule has 0 spiro atoms. The number of fused-ring (bicyclic) bond motifs is 1. The lowest BCUT2D eigenvalue weighted by Gasteiger charge is -2.36. The fourth-order valence-corrected chi connectivity index (χ4v) is 3.51. The first-order chi connectivity index (χ1) is 13.2. The second kappa shape index (κ2) is 7.84. The molecular weight excluding hydrogens is 343 g/mol. The van der Waals surface area contributed by atoms with Crippen molar-refractivity contribution in [3.8, 4) is 0 Å². The molecule has 1 aliphatic heterocycles. The van der Waals surface area contributed by atoms with Gasteiger partial charge in [-0.05, 0) is 37.3 Å². The van der Waals surface area contributed by atoms with Gasteiger partial charge in [-0.25, -0.2) is 19.3 Å². The molecule has 1 saturated heterocycles. The quantitative estimate of drug-likeness (QED) is 0.749. The molecule has 2 aromatic heterocycles. The smallest absolute Gasteiger partial charge is 0.137 e. The lowest BCUT2D eigenvalue weighted by molar-refractivity contribution is 0.250. The molecule has 0 amide bonds. The number of nitrogens with one attached hydrogen (secondary N) is 1. The number of hydrogen-bond acceptors (Lipinski definition) is 6. The summed E-state index contributed by atoms with van der Waals surface area (Å²) < 4.78 is 13.6. The Labute approximate surface area is 158 Å². The van der Waals surface area contributed by atoms with Crippen LogP contribution in [0.5, 0.6) is 0 Å². The molecule has 1 N–H and O–H groups in total. The fourth-order valence-electron chi connectivity index (χ4n) is 3.51. The van der Waals surface area contributed by atoms with Crippen molar-refractivity contribution in [2.24, 2.45) is 0 Å². The number of halogens is 1. The van der Waals surface area contributed by atoms with Gasteiger partial charge in [0.25, 0.3) is 0 Å². The molecule has 1 aromatic carbocycles. The van der Waals surface area contributed by atoms with E-state index in [1.165, 1.54) is 18.5 Å². The van der Waals surface area contributed by atoms with E-state index in [2.05, 4.69) is 43.1 Å². The number of hydrogen-bond donors (Lipinski definition) is 1. The summed E-state index contributed by atoms with van der Waals surface area (Å²) in [6, 6.07) is 10.8. The molecule has 0 saturated carbocycles. The van der Waals surface area contributed by atoms with Crippen molar-refractivity contribution >= 4 is 22.5 Å². The first kappa shape index (κ1) is 17.6. The molecule has 140 valence electrons. The minimum Gasteiger partial charge on any atom is -0.366 e. The summed E-state index contributed by atoms with van der Waals surface area (Å²) in [5, 5.41) is 4.13.